The third-order valence-electron chi connectivity index (χ3n) is 2.88. The van der Waals surface area contributed by atoms with Crippen LogP contribution >= 0.6 is 0 Å². The van der Waals surface area contributed by atoms with Gasteiger partial charge in [-0.2, -0.15) is 18.4 Å². The Bertz CT molecular complexity index is 687. The lowest BCUT2D eigenvalue weighted by atomic mass is 10.1. The summed E-state index contributed by atoms with van der Waals surface area (Å²) in [5.74, 6) is -0.493. The number of anilines is 1. The van der Waals surface area contributed by atoms with Crippen molar-refractivity contribution < 1.29 is 17.6 Å². The van der Waals surface area contributed by atoms with E-state index in [2.05, 4.69) is 5.32 Å². The predicted molar refractivity (Wildman–Crippen MR) is 69.9 cm³/mol. The number of nitriles is 1. The van der Waals surface area contributed by atoms with Crippen LogP contribution in [0.15, 0.2) is 42.5 Å². The molecule has 0 saturated carbocycles. The quantitative estimate of drug-likeness (QED) is 0.855. The molecule has 0 aliphatic heterocycles. The first-order chi connectivity index (χ1) is 9.91. The Labute approximate surface area is 118 Å². The maximum absolute atomic E-state index is 13.4. The number of alkyl halides is 3. The average molecular weight is 294 g/mol. The van der Waals surface area contributed by atoms with E-state index in [1.807, 2.05) is 0 Å². The van der Waals surface area contributed by atoms with Crippen molar-refractivity contribution in [2.75, 3.05) is 5.32 Å². The van der Waals surface area contributed by atoms with Crippen LogP contribution in [0, 0.1) is 17.1 Å². The number of hydrogen-bond acceptors (Lipinski definition) is 2. The highest BCUT2D eigenvalue weighted by Gasteiger charge is 2.33. The second-order valence-electron chi connectivity index (χ2n) is 4.31. The minimum absolute atomic E-state index is 0.0817. The molecule has 0 atom stereocenters. The molecule has 0 unspecified atom stereocenters. The van der Waals surface area contributed by atoms with Crippen LogP contribution in [0.3, 0.4) is 0 Å². The van der Waals surface area contributed by atoms with Gasteiger partial charge in [-0.05, 0) is 24.3 Å². The summed E-state index contributed by atoms with van der Waals surface area (Å²) < 4.78 is 52.3. The Morgan fingerprint density at radius 3 is 2.43 bits per heavy atom. The number of rotatable bonds is 3. The van der Waals surface area contributed by atoms with Crippen LogP contribution in [-0.4, -0.2) is 0 Å². The second-order valence-corrected chi connectivity index (χ2v) is 4.31. The molecule has 0 aliphatic rings. The average Bonchev–Trinajstić information content (AvgIpc) is 2.45. The van der Waals surface area contributed by atoms with Gasteiger partial charge in [0.25, 0.3) is 0 Å². The smallest absolute Gasteiger partial charge is 0.380 e. The Morgan fingerprint density at radius 1 is 1.10 bits per heavy atom. The highest BCUT2D eigenvalue weighted by molar-refractivity contribution is 5.56. The van der Waals surface area contributed by atoms with E-state index >= 15 is 0 Å². The third-order valence-corrected chi connectivity index (χ3v) is 2.88. The van der Waals surface area contributed by atoms with Gasteiger partial charge in [-0.25, -0.2) is 4.39 Å². The first-order valence-electron chi connectivity index (χ1n) is 6.00. The van der Waals surface area contributed by atoms with E-state index in [0.29, 0.717) is 0 Å². The van der Waals surface area contributed by atoms with Crippen molar-refractivity contribution in [1.29, 1.82) is 5.26 Å². The van der Waals surface area contributed by atoms with Gasteiger partial charge in [-0.1, -0.05) is 18.2 Å². The van der Waals surface area contributed by atoms with Crippen molar-refractivity contribution >= 4 is 5.69 Å². The SMILES string of the molecule is N#Cc1ccc(NCc2ccccc2F)c(C(F)(F)F)c1. The van der Waals surface area contributed by atoms with Crippen LogP contribution in [0.1, 0.15) is 16.7 Å². The fraction of sp³-hybridized carbons (Fsp3) is 0.133. The van der Waals surface area contributed by atoms with E-state index in [1.165, 1.54) is 30.3 Å². The molecule has 2 rings (SSSR count). The molecule has 108 valence electrons. The molecular weight excluding hydrogens is 284 g/mol. The predicted octanol–water partition coefficient (Wildman–Crippen LogP) is 4.33. The molecule has 0 amide bonds. The Morgan fingerprint density at radius 2 is 1.81 bits per heavy atom. The van der Waals surface area contributed by atoms with Gasteiger partial charge in [0.15, 0.2) is 0 Å². The van der Waals surface area contributed by atoms with Crippen LogP contribution in [0.2, 0.25) is 0 Å². The zero-order valence-corrected chi connectivity index (χ0v) is 10.7. The summed E-state index contributed by atoms with van der Waals surface area (Å²) in [5, 5.41) is 11.2. The number of nitrogens with one attached hydrogen (secondary N) is 1. The van der Waals surface area contributed by atoms with Crippen molar-refractivity contribution in [2.24, 2.45) is 0 Å². The second kappa shape index (κ2) is 5.83. The van der Waals surface area contributed by atoms with E-state index in [0.717, 1.165) is 6.07 Å². The molecule has 0 aliphatic carbocycles. The van der Waals surface area contributed by atoms with Crippen molar-refractivity contribution in [2.45, 2.75) is 12.7 Å². The number of hydrogen-bond donors (Lipinski definition) is 1. The van der Waals surface area contributed by atoms with E-state index in [-0.39, 0.29) is 23.4 Å². The Kier molecular flexibility index (Phi) is 4.13. The molecule has 0 aromatic heterocycles. The number of halogens is 4. The van der Waals surface area contributed by atoms with Crippen LogP contribution in [0.5, 0.6) is 0 Å². The minimum atomic E-state index is -4.59. The van der Waals surface area contributed by atoms with Gasteiger partial charge >= 0.3 is 6.18 Å². The van der Waals surface area contributed by atoms with Gasteiger partial charge in [0.05, 0.1) is 17.2 Å². The maximum atomic E-state index is 13.4. The van der Waals surface area contributed by atoms with Crippen LogP contribution < -0.4 is 5.32 Å². The largest absolute Gasteiger partial charge is 0.418 e. The fourth-order valence-electron chi connectivity index (χ4n) is 1.83. The molecule has 1 N–H and O–H groups in total. The lowest BCUT2D eigenvalue weighted by Crippen LogP contribution is -2.11. The van der Waals surface area contributed by atoms with Crippen LogP contribution in [0.4, 0.5) is 23.2 Å². The molecule has 0 heterocycles. The summed E-state index contributed by atoms with van der Waals surface area (Å²) in [4.78, 5) is 0. The summed E-state index contributed by atoms with van der Waals surface area (Å²) in [5.41, 5.74) is -0.962. The van der Waals surface area contributed by atoms with Crippen molar-refractivity contribution in [3.8, 4) is 6.07 Å². The monoisotopic (exact) mass is 294 g/mol. The molecule has 0 radical (unpaired) electrons. The lowest BCUT2D eigenvalue weighted by molar-refractivity contribution is -0.137. The van der Waals surface area contributed by atoms with Gasteiger partial charge in [0, 0.05) is 17.8 Å². The standard InChI is InChI=1S/C15H10F4N2/c16-13-4-2-1-3-11(13)9-21-14-6-5-10(8-20)7-12(14)15(17,18)19/h1-7,21H,9H2. The fourth-order valence-corrected chi connectivity index (χ4v) is 1.83. The summed E-state index contributed by atoms with van der Waals surface area (Å²) in [6, 6.07) is 10.7. The first kappa shape index (κ1) is 14.9. The van der Waals surface area contributed by atoms with Crippen molar-refractivity contribution in [3.63, 3.8) is 0 Å². The zero-order valence-electron chi connectivity index (χ0n) is 10.7. The first-order valence-corrected chi connectivity index (χ1v) is 6.00. The minimum Gasteiger partial charge on any atom is -0.380 e. The third kappa shape index (κ3) is 3.51. The molecule has 0 spiro atoms. The molecule has 2 aromatic rings. The molecule has 21 heavy (non-hydrogen) atoms. The summed E-state index contributed by atoms with van der Waals surface area (Å²) in [6.07, 6.45) is -4.59. The molecule has 6 heteroatoms. The van der Waals surface area contributed by atoms with Gasteiger partial charge in [-0.3, -0.25) is 0 Å². The van der Waals surface area contributed by atoms with Gasteiger partial charge in [-0.15, -0.1) is 0 Å². The number of nitrogens with zero attached hydrogens (tertiary/aromatic N) is 1. The highest BCUT2D eigenvalue weighted by atomic mass is 19.4. The van der Waals surface area contributed by atoms with Crippen molar-refractivity contribution in [3.05, 3.63) is 65.0 Å². The molecule has 0 saturated heterocycles. The summed E-state index contributed by atoms with van der Waals surface area (Å²) in [7, 11) is 0. The van der Waals surface area contributed by atoms with Crippen LogP contribution in [-0.2, 0) is 12.7 Å². The topological polar surface area (TPSA) is 35.8 Å². The van der Waals surface area contributed by atoms with E-state index in [9.17, 15) is 17.6 Å². The zero-order chi connectivity index (χ0) is 15.5. The number of benzene rings is 2. The van der Waals surface area contributed by atoms with E-state index < -0.39 is 17.6 Å². The summed E-state index contributed by atoms with van der Waals surface area (Å²) in [6.45, 7) is -0.0817. The van der Waals surface area contributed by atoms with Gasteiger partial charge in [0.2, 0.25) is 0 Å². The molecular formula is C15H10F4N2. The molecule has 0 fully saturated rings. The highest BCUT2D eigenvalue weighted by Crippen LogP contribution is 2.35. The Hall–Kier alpha value is -2.55. The van der Waals surface area contributed by atoms with E-state index in [1.54, 1.807) is 12.1 Å². The molecule has 2 aromatic carbocycles. The normalized spacial score (nSPS) is 11.0. The summed E-state index contributed by atoms with van der Waals surface area (Å²) >= 11 is 0. The lowest BCUT2D eigenvalue weighted by Gasteiger charge is -2.15. The van der Waals surface area contributed by atoms with Crippen molar-refractivity contribution in [1.82, 2.24) is 0 Å². The van der Waals surface area contributed by atoms with E-state index in [4.69, 9.17) is 5.26 Å². The van der Waals surface area contributed by atoms with Gasteiger partial charge < -0.3 is 5.32 Å². The van der Waals surface area contributed by atoms with Crippen LogP contribution in [0.25, 0.3) is 0 Å². The van der Waals surface area contributed by atoms with Gasteiger partial charge in [0.1, 0.15) is 5.82 Å². The maximum Gasteiger partial charge on any atom is 0.418 e. The molecule has 0 bridgehead atoms. The molecule has 2 nitrogen and oxygen atoms in total. The Balaban J connectivity index is 2.28.